The van der Waals surface area contributed by atoms with Crippen LogP contribution in [0.25, 0.3) is 11.0 Å². The fourth-order valence-electron chi connectivity index (χ4n) is 2.90. The predicted molar refractivity (Wildman–Crippen MR) is 110 cm³/mol. The number of nitrogen functional groups attached to an aromatic ring is 1. The van der Waals surface area contributed by atoms with E-state index in [-0.39, 0.29) is 18.3 Å². The van der Waals surface area contributed by atoms with Crippen LogP contribution in [-0.2, 0) is 13.5 Å². The first kappa shape index (κ1) is 19.8. The summed E-state index contributed by atoms with van der Waals surface area (Å²) in [5.74, 6) is 0.334. The van der Waals surface area contributed by atoms with E-state index in [1.807, 2.05) is 54.1 Å². The number of hydrogen-bond acceptors (Lipinski definition) is 3. The number of nitrogens with two attached hydrogens (primary N) is 1. The highest BCUT2D eigenvalue weighted by molar-refractivity contribution is 6.05. The SMILES string of the molecule is CCCCCc1ccc(C(=O)Nc2ccc3c(c2)nc(N)n3C)cc1.Cl. The molecule has 0 spiro atoms. The molecule has 5 nitrogen and oxygen atoms in total. The molecule has 26 heavy (non-hydrogen) atoms. The number of rotatable bonds is 6. The van der Waals surface area contributed by atoms with Gasteiger partial charge in [0.15, 0.2) is 0 Å². The number of carbonyl (C=O) groups is 1. The van der Waals surface area contributed by atoms with E-state index in [0.29, 0.717) is 17.2 Å². The molecule has 1 aromatic heterocycles. The first-order chi connectivity index (χ1) is 12.1. The van der Waals surface area contributed by atoms with Gasteiger partial charge >= 0.3 is 0 Å². The molecule has 0 saturated carbocycles. The summed E-state index contributed by atoms with van der Waals surface area (Å²) >= 11 is 0. The number of aromatic nitrogens is 2. The zero-order chi connectivity index (χ0) is 17.8. The van der Waals surface area contributed by atoms with Crippen molar-refractivity contribution < 1.29 is 4.79 Å². The minimum atomic E-state index is -0.122. The van der Waals surface area contributed by atoms with Gasteiger partial charge in [-0.25, -0.2) is 4.98 Å². The van der Waals surface area contributed by atoms with Crippen LogP contribution in [0.3, 0.4) is 0 Å². The molecular formula is C20H25ClN4O. The van der Waals surface area contributed by atoms with E-state index in [0.717, 1.165) is 17.5 Å². The highest BCUT2D eigenvalue weighted by Crippen LogP contribution is 2.21. The largest absolute Gasteiger partial charge is 0.369 e. The normalized spacial score (nSPS) is 10.5. The van der Waals surface area contributed by atoms with E-state index in [1.54, 1.807) is 0 Å². The number of carbonyl (C=O) groups excluding carboxylic acids is 1. The molecule has 0 aliphatic rings. The zero-order valence-corrected chi connectivity index (χ0v) is 16.0. The minimum Gasteiger partial charge on any atom is -0.369 e. The number of unbranched alkanes of at least 4 members (excludes halogenated alkanes) is 2. The summed E-state index contributed by atoms with van der Waals surface area (Å²) in [6, 6.07) is 13.4. The first-order valence-corrected chi connectivity index (χ1v) is 8.70. The molecular weight excluding hydrogens is 348 g/mol. The lowest BCUT2D eigenvalue weighted by Crippen LogP contribution is -2.11. The van der Waals surface area contributed by atoms with E-state index < -0.39 is 0 Å². The Morgan fingerprint density at radius 2 is 1.88 bits per heavy atom. The highest BCUT2D eigenvalue weighted by atomic mass is 35.5. The Balaban J connectivity index is 0.00000243. The number of amides is 1. The molecule has 3 aromatic rings. The number of nitrogens with one attached hydrogen (secondary N) is 1. The summed E-state index contributed by atoms with van der Waals surface area (Å²) < 4.78 is 1.82. The molecule has 2 aromatic carbocycles. The Labute approximate surface area is 160 Å². The number of aryl methyl sites for hydroxylation is 2. The van der Waals surface area contributed by atoms with Gasteiger partial charge in [0.1, 0.15) is 0 Å². The van der Waals surface area contributed by atoms with Crippen LogP contribution in [0.1, 0.15) is 42.1 Å². The van der Waals surface area contributed by atoms with Crippen molar-refractivity contribution in [2.45, 2.75) is 32.6 Å². The third-order valence-corrected chi connectivity index (χ3v) is 4.46. The lowest BCUT2D eigenvalue weighted by Gasteiger charge is -2.07. The Kier molecular flexibility index (Phi) is 6.64. The molecule has 0 aliphatic heterocycles. The van der Waals surface area contributed by atoms with E-state index in [4.69, 9.17) is 5.73 Å². The molecule has 0 saturated heterocycles. The third-order valence-electron chi connectivity index (χ3n) is 4.46. The Morgan fingerprint density at radius 3 is 2.58 bits per heavy atom. The minimum absolute atomic E-state index is 0. The Hall–Kier alpha value is -2.53. The average molecular weight is 373 g/mol. The zero-order valence-electron chi connectivity index (χ0n) is 15.2. The van der Waals surface area contributed by atoms with Gasteiger partial charge in [-0.05, 0) is 48.7 Å². The van der Waals surface area contributed by atoms with Crippen molar-refractivity contribution in [3.05, 3.63) is 53.6 Å². The summed E-state index contributed by atoms with van der Waals surface area (Å²) in [4.78, 5) is 16.7. The van der Waals surface area contributed by atoms with Crippen molar-refractivity contribution in [2.24, 2.45) is 7.05 Å². The first-order valence-electron chi connectivity index (χ1n) is 8.70. The van der Waals surface area contributed by atoms with Crippen LogP contribution in [-0.4, -0.2) is 15.5 Å². The maximum absolute atomic E-state index is 12.4. The molecule has 0 unspecified atom stereocenters. The molecule has 0 bridgehead atoms. The summed E-state index contributed by atoms with van der Waals surface area (Å²) in [5.41, 5.74) is 10.2. The van der Waals surface area contributed by atoms with Gasteiger partial charge in [-0.15, -0.1) is 12.4 Å². The van der Waals surface area contributed by atoms with Gasteiger partial charge in [-0.1, -0.05) is 31.9 Å². The van der Waals surface area contributed by atoms with Crippen molar-refractivity contribution in [2.75, 3.05) is 11.1 Å². The molecule has 3 rings (SSSR count). The summed E-state index contributed by atoms with van der Waals surface area (Å²) in [6.07, 6.45) is 4.71. The maximum Gasteiger partial charge on any atom is 0.255 e. The van der Waals surface area contributed by atoms with Crippen molar-refractivity contribution >= 4 is 41.0 Å². The van der Waals surface area contributed by atoms with Crippen LogP contribution in [0.5, 0.6) is 0 Å². The average Bonchev–Trinajstić information content (AvgIpc) is 2.89. The molecule has 0 radical (unpaired) electrons. The fourth-order valence-corrected chi connectivity index (χ4v) is 2.90. The van der Waals surface area contributed by atoms with Crippen LogP contribution >= 0.6 is 12.4 Å². The summed E-state index contributed by atoms with van der Waals surface area (Å²) in [6.45, 7) is 2.20. The fraction of sp³-hybridized carbons (Fsp3) is 0.300. The molecule has 0 fully saturated rings. The van der Waals surface area contributed by atoms with Gasteiger partial charge in [0.05, 0.1) is 11.0 Å². The van der Waals surface area contributed by atoms with Crippen LogP contribution in [0.4, 0.5) is 11.6 Å². The molecule has 1 amide bonds. The lowest BCUT2D eigenvalue weighted by molar-refractivity contribution is 0.102. The van der Waals surface area contributed by atoms with E-state index >= 15 is 0 Å². The van der Waals surface area contributed by atoms with Gasteiger partial charge in [-0.3, -0.25) is 4.79 Å². The summed E-state index contributed by atoms with van der Waals surface area (Å²) in [7, 11) is 1.87. The Bertz CT molecular complexity index is 887. The van der Waals surface area contributed by atoms with Gasteiger partial charge in [-0.2, -0.15) is 0 Å². The standard InChI is InChI=1S/C20H24N4O.ClH/c1-3-4-5-6-14-7-9-15(10-8-14)19(25)22-16-11-12-18-17(13-16)23-20(21)24(18)2;/h7-13H,3-6H2,1-2H3,(H2,21,23)(H,22,25);1H. The van der Waals surface area contributed by atoms with Crippen molar-refractivity contribution in [1.82, 2.24) is 9.55 Å². The number of imidazole rings is 1. The number of fused-ring (bicyclic) bond motifs is 1. The van der Waals surface area contributed by atoms with Crippen molar-refractivity contribution in [1.29, 1.82) is 0 Å². The van der Waals surface area contributed by atoms with Crippen molar-refractivity contribution in [3.8, 4) is 0 Å². The van der Waals surface area contributed by atoms with E-state index in [2.05, 4.69) is 17.2 Å². The van der Waals surface area contributed by atoms with Crippen LogP contribution in [0.2, 0.25) is 0 Å². The number of nitrogens with zero attached hydrogens (tertiary/aromatic N) is 2. The quantitative estimate of drug-likeness (QED) is 0.623. The summed E-state index contributed by atoms with van der Waals surface area (Å²) in [5, 5.41) is 2.92. The second-order valence-electron chi connectivity index (χ2n) is 6.34. The molecule has 138 valence electrons. The molecule has 0 aliphatic carbocycles. The van der Waals surface area contributed by atoms with Gasteiger partial charge < -0.3 is 15.6 Å². The Morgan fingerprint density at radius 1 is 1.15 bits per heavy atom. The van der Waals surface area contributed by atoms with Crippen LogP contribution < -0.4 is 11.1 Å². The second-order valence-corrected chi connectivity index (χ2v) is 6.34. The number of anilines is 2. The smallest absolute Gasteiger partial charge is 0.255 e. The highest BCUT2D eigenvalue weighted by Gasteiger charge is 2.09. The van der Waals surface area contributed by atoms with E-state index in [9.17, 15) is 4.79 Å². The predicted octanol–water partition coefficient (Wildman–Crippen LogP) is 4.56. The molecule has 6 heteroatoms. The van der Waals surface area contributed by atoms with E-state index in [1.165, 1.54) is 24.8 Å². The molecule has 3 N–H and O–H groups in total. The number of benzene rings is 2. The second kappa shape index (κ2) is 8.72. The number of hydrogen-bond donors (Lipinski definition) is 2. The number of halogens is 1. The van der Waals surface area contributed by atoms with Crippen LogP contribution in [0.15, 0.2) is 42.5 Å². The molecule has 1 heterocycles. The van der Waals surface area contributed by atoms with Gasteiger partial charge in [0.2, 0.25) is 5.95 Å². The molecule has 0 atom stereocenters. The lowest BCUT2D eigenvalue weighted by atomic mass is 10.1. The van der Waals surface area contributed by atoms with Gasteiger partial charge in [0, 0.05) is 18.3 Å². The monoisotopic (exact) mass is 372 g/mol. The van der Waals surface area contributed by atoms with Crippen molar-refractivity contribution in [3.63, 3.8) is 0 Å². The van der Waals surface area contributed by atoms with Crippen LogP contribution in [0, 0.1) is 0 Å². The maximum atomic E-state index is 12.4. The van der Waals surface area contributed by atoms with Gasteiger partial charge in [0.25, 0.3) is 5.91 Å². The third kappa shape index (κ3) is 4.35. The topological polar surface area (TPSA) is 72.9 Å².